The van der Waals surface area contributed by atoms with Crippen LogP contribution in [0.4, 0.5) is 0 Å². The molecule has 4 rings (SSSR count). The topological polar surface area (TPSA) is 113 Å². The van der Waals surface area contributed by atoms with Crippen molar-refractivity contribution < 1.29 is 38.2 Å². The van der Waals surface area contributed by atoms with Gasteiger partial charge in [0.2, 0.25) is 5.78 Å². The molecule has 0 aliphatic heterocycles. The molecular formula is C33H45ClO8. The fourth-order valence-corrected chi connectivity index (χ4v) is 9.20. The Hall–Kier alpha value is -2.48. The van der Waals surface area contributed by atoms with Gasteiger partial charge in [0.05, 0.1) is 4.87 Å². The van der Waals surface area contributed by atoms with Crippen molar-refractivity contribution in [1.29, 1.82) is 0 Å². The average molecular weight is 605 g/mol. The summed E-state index contributed by atoms with van der Waals surface area (Å²) < 4.78 is 17.8. The molecule has 0 radical (unpaired) electrons. The molecule has 0 heterocycles. The molecule has 42 heavy (non-hydrogen) atoms. The van der Waals surface area contributed by atoms with E-state index in [1.54, 1.807) is 19.9 Å². The van der Waals surface area contributed by atoms with Crippen molar-refractivity contribution in [2.75, 3.05) is 6.61 Å². The van der Waals surface area contributed by atoms with E-state index >= 15 is 0 Å². The van der Waals surface area contributed by atoms with Crippen LogP contribution in [0.1, 0.15) is 99.3 Å². The van der Waals surface area contributed by atoms with Gasteiger partial charge in [-0.1, -0.05) is 59.6 Å². The van der Waals surface area contributed by atoms with Crippen molar-refractivity contribution in [3.8, 4) is 0 Å². The Labute approximate surface area is 253 Å². The van der Waals surface area contributed by atoms with Gasteiger partial charge >= 0.3 is 17.9 Å². The van der Waals surface area contributed by atoms with Gasteiger partial charge in [-0.05, 0) is 56.1 Å². The van der Waals surface area contributed by atoms with E-state index in [1.807, 2.05) is 33.8 Å². The zero-order chi connectivity index (χ0) is 31.1. The third kappa shape index (κ3) is 4.86. The molecule has 0 N–H and O–H groups in total. The van der Waals surface area contributed by atoms with Crippen LogP contribution >= 0.6 is 11.6 Å². The number of hydrogen-bond acceptors (Lipinski definition) is 8. The fourth-order valence-electron chi connectivity index (χ4n) is 8.64. The minimum atomic E-state index is -1.60. The number of unbranched alkanes of at least 4 members (excludes halogenated alkanes) is 1. The lowest BCUT2D eigenvalue weighted by Gasteiger charge is -2.64. The van der Waals surface area contributed by atoms with Crippen LogP contribution in [0.5, 0.6) is 0 Å². The van der Waals surface area contributed by atoms with E-state index in [0.29, 0.717) is 25.7 Å². The van der Waals surface area contributed by atoms with E-state index in [1.165, 1.54) is 6.08 Å². The van der Waals surface area contributed by atoms with Crippen molar-refractivity contribution in [3.63, 3.8) is 0 Å². The molecule has 8 nitrogen and oxygen atoms in total. The number of esters is 3. The number of carbonyl (C=O) groups excluding carboxylic acids is 5. The first-order valence-corrected chi connectivity index (χ1v) is 15.9. The van der Waals surface area contributed by atoms with Crippen molar-refractivity contribution in [1.82, 2.24) is 0 Å². The Morgan fingerprint density at radius 2 is 1.71 bits per heavy atom. The second kappa shape index (κ2) is 11.9. The largest absolute Gasteiger partial charge is 0.460 e. The highest BCUT2D eigenvalue weighted by atomic mass is 35.5. The number of allylic oxidation sites excluding steroid dienone is 4. The van der Waals surface area contributed by atoms with E-state index in [-0.39, 0.29) is 49.3 Å². The molecule has 4 aliphatic carbocycles. The van der Waals surface area contributed by atoms with Gasteiger partial charge in [0, 0.05) is 36.0 Å². The summed E-state index contributed by atoms with van der Waals surface area (Å²) in [6, 6.07) is 0. The van der Waals surface area contributed by atoms with Crippen molar-refractivity contribution in [3.05, 3.63) is 23.8 Å². The minimum absolute atomic E-state index is 0.0700. The van der Waals surface area contributed by atoms with E-state index < -0.39 is 57.7 Å². The van der Waals surface area contributed by atoms with Crippen LogP contribution in [-0.2, 0) is 38.2 Å². The maximum absolute atomic E-state index is 14.2. The number of halogens is 1. The van der Waals surface area contributed by atoms with Gasteiger partial charge in [-0.3, -0.25) is 24.0 Å². The van der Waals surface area contributed by atoms with Crippen LogP contribution in [0.15, 0.2) is 23.8 Å². The van der Waals surface area contributed by atoms with Gasteiger partial charge in [-0.15, -0.1) is 11.6 Å². The molecule has 0 aromatic carbocycles. The van der Waals surface area contributed by atoms with E-state index in [2.05, 4.69) is 0 Å². The number of carbonyl (C=O) groups is 5. The quantitative estimate of drug-likeness (QED) is 0.174. The van der Waals surface area contributed by atoms with Crippen LogP contribution in [0.3, 0.4) is 0 Å². The first kappa shape index (κ1) is 32.4. The molecule has 0 saturated heterocycles. The van der Waals surface area contributed by atoms with Gasteiger partial charge in [0.1, 0.15) is 6.10 Å². The van der Waals surface area contributed by atoms with Gasteiger partial charge < -0.3 is 14.2 Å². The van der Waals surface area contributed by atoms with Gasteiger partial charge in [-0.2, -0.15) is 0 Å². The Balaban J connectivity index is 1.87. The van der Waals surface area contributed by atoms with E-state index in [9.17, 15) is 24.0 Å². The average Bonchev–Trinajstić information content (AvgIpc) is 3.17. The summed E-state index contributed by atoms with van der Waals surface area (Å²) >= 11 is 7.84. The number of fused-ring (bicyclic) bond motifs is 5. The predicted molar refractivity (Wildman–Crippen MR) is 156 cm³/mol. The van der Waals surface area contributed by atoms with Crippen LogP contribution in [0.2, 0.25) is 0 Å². The summed E-state index contributed by atoms with van der Waals surface area (Å²) in [6.45, 7) is 10.7. The summed E-state index contributed by atoms with van der Waals surface area (Å²) in [7, 11) is 0. The van der Waals surface area contributed by atoms with Crippen molar-refractivity contribution in [2.45, 2.75) is 116 Å². The molecule has 4 aliphatic rings. The van der Waals surface area contributed by atoms with Crippen LogP contribution < -0.4 is 0 Å². The second-order valence-electron chi connectivity index (χ2n) is 13.0. The lowest BCUT2D eigenvalue weighted by atomic mass is 9.45. The number of hydrogen-bond donors (Lipinski definition) is 0. The van der Waals surface area contributed by atoms with E-state index in [0.717, 1.165) is 12.0 Å². The fraction of sp³-hybridized carbons (Fsp3) is 0.727. The minimum Gasteiger partial charge on any atom is -0.460 e. The van der Waals surface area contributed by atoms with Crippen molar-refractivity contribution in [2.24, 2.45) is 28.6 Å². The standard InChI is InChI=1S/C33H45ClO8/c1-7-10-11-29(39)41-26-18-31(6)24(23-13-12-21-17-22(35)14-15-30(21,5)32(23,26)34)16-20(4)33(31,42-28(38)9-3)25(36)19-40-27(37)8-2/h14-15,17,20,23-24,26H,7-13,16,18-19H2,1-6H3/t20-,23-,24-,26-,30-,31-,32?,33-/m0/s1. The zero-order valence-electron chi connectivity index (χ0n) is 25.8. The molecule has 0 spiro atoms. The Bertz CT molecular complexity index is 1210. The van der Waals surface area contributed by atoms with Gasteiger partial charge in [-0.25, -0.2) is 0 Å². The number of alkyl halides is 1. The maximum atomic E-state index is 14.2. The highest BCUT2D eigenvalue weighted by molar-refractivity contribution is 6.26. The molecule has 0 bridgehead atoms. The SMILES string of the molecule is CCCCC(=O)O[C@H]1C[C@@]2(C)[C@@H](C[C@H](C)[C@]2(OC(=O)CC)C(=O)COC(=O)CC)[C@@H]2CCC3=CC(=O)C=C[C@]3(C)C12Cl. The molecule has 0 aromatic heterocycles. The Kier molecular flexibility index (Phi) is 9.19. The van der Waals surface area contributed by atoms with Crippen LogP contribution in [0.25, 0.3) is 0 Å². The Morgan fingerprint density at radius 3 is 2.36 bits per heavy atom. The van der Waals surface area contributed by atoms with Gasteiger partial charge in [0.15, 0.2) is 18.0 Å². The highest BCUT2D eigenvalue weighted by Gasteiger charge is 2.77. The summed E-state index contributed by atoms with van der Waals surface area (Å²) in [5.74, 6) is -2.76. The Morgan fingerprint density at radius 1 is 1.02 bits per heavy atom. The lowest BCUT2D eigenvalue weighted by molar-refractivity contribution is -0.208. The number of rotatable bonds is 10. The highest BCUT2D eigenvalue weighted by Crippen LogP contribution is 2.72. The molecule has 1 unspecified atom stereocenters. The predicted octanol–water partition coefficient (Wildman–Crippen LogP) is 5.83. The van der Waals surface area contributed by atoms with Gasteiger partial charge in [0.25, 0.3) is 0 Å². The monoisotopic (exact) mass is 604 g/mol. The maximum Gasteiger partial charge on any atom is 0.306 e. The third-order valence-corrected chi connectivity index (χ3v) is 11.7. The smallest absolute Gasteiger partial charge is 0.306 e. The molecule has 8 atom stereocenters. The normalized spacial score (nSPS) is 38.5. The molecule has 232 valence electrons. The number of Topliss-reactive ketones (excluding diaryl/α,β-unsaturated/α-hetero) is 1. The van der Waals surface area contributed by atoms with Crippen LogP contribution in [0, 0.1) is 28.6 Å². The van der Waals surface area contributed by atoms with E-state index in [4.69, 9.17) is 25.8 Å². The first-order valence-electron chi connectivity index (χ1n) is 15.5. The summed E-state index contributed by atoms with van der Waals surface area (Å²) in [6.07, 6.45) is 8.10. The first-order chi connectivity index (χ1) is 19.7. The molecule has 3 saturated carbocycles. The molecule has 0 amide bonds. The zero-order valence-corrected chi connectivity index (χ0v) is 26.5. The molecular weight excluding hydrogens is 560 g/mol. The summed E-state index contributed by atoms with van der Waals surface area (Å²) in [4.78, 5) is 63.7. The third-order valence-electron chi connectivity index (χ3n) is 10.8. The number of ether oxygens (including phenoxy) is 3. The molecule has 3 fully saturated rings. The molecule has 0 aromatic rings. The number of ketones is 2. The van der Waals surface area contributed by atoms with Crippen LogP contribution in [-0.4, -0.2) is 52.7 Å². The summed E-state index contributed by atoms with van der Waals surface area (Å²) in [5, 5.41) is 0. The van der Waals surface area contributed by atoms with Crippen molar-refractivity contribution >= 4 is 41.1 Å². The lowest BCUT2D eigenvalue weighted by Crippen LogP contribution is -2.70. The second-order valence-corrected chi connectivity index (χ2v) is 13.6. The summed E-state index contributed by atoms with van der Waals surface area (Å²) in [5.41, 5.74) is -2.41. The molecule has 9 heteroatoms.